The van der Waals surface area contributed by atoms with Crippen LogP contribution in [-0.2, 0) is 4.79 Å². The first-order valence-corrected chi connectivity index (χ1v) is 9.80. The van der Waals surface area contributed by atoms with Gasteiger partial charge >= 0.3 is 6.03 Å². The van der Waals surface area contributed by atoms with Gasteiger partial charge < -0.3 is 16.0 Å². The molecule has 3 N–H and O–H groups in total. The largest absolute Gasteiger partial charge is 0.336 e. The second-order valence-electron chi connectivity index (χ2n) is 7.24. The summed E-state index contributed by atoms with van der Waals surface area (Å²) < 4.78 is 0. The Morgan fingerprint density at radius 1 is 0.964 bits per heavy atom. The van der Waals surface area contributed by atoms with Crippen LogP contribution in [-0.4, -0.2) is 42.5 Å². The third-order valence-corrected chi connectivity index (χ3v) is 4.96. The van der Waals surface area contributed by atoms with E-state index in [1.165, 1.54) is 0 Å². The average Bonchev–Trinajstić information content (AvgIpc) is 2.70. The molecule has 1 saturated heterocycles. The fraction of sp³-hybridized carbons (Fsp3) is 0.364. The number of nitrogens with one attached hydrogen (secondary N) is 3. The smallest absolute Gasteiger partial charge is 0.319 e. The summed E-state index contributed by atoms with van der Waals surface area (Å²) in [7, 11) is 0. The molecule has 1 fully saturated rings. The number of para-hydroxylation sites is 1. The van der Waals surface area contributed by atoms with Crippen LogP contribution >= 0.6 is 0 Å². The predicted molar refractivity (Wildman–Crippen MR) is 112 cm³/mol. The fourth-order valence-corrected chi connectivity index (χ4v) is 3.43. The topological polar surface area (TPSA) is 73.5 Å². The Morgan fingerprint density at radius 3 is 2.43 bits per heavy atom. The van der Waals surface area contributed by atoms with Crippen molar-refractivity contribution in [3.8, 4) is 0 Å². The molecule has 1 unspecified atom stereocenters. The third-order valence-electron chi connectivity index (χ3n) is 4.96. The average molecular weight is 380 g/mol. The summed E-state index contributed by atoms with van der Waals surface area (Å²) >= 11 is 0. The number of hydrogen-bond acceptors (Lipinski definition) is 3. The van der Waals surface area contributed by atoms with Gasteiger partial charge in [-0.1, -0.05) is 42.3 Å². The molecule has 6 nitrogen and oxygen atoms in total. The minimum absolute atomic E-state index is 0.0236. The molecule has 0 radical (unpaired) electrons. The maximum Gasteiger partial charge on any atom is 0.319 e. The number of benzene rings is 2. The molecule has 1 aliphatic heterocycles. The molecule has 0 saturated carbocycles. The number of piperidine rings is 1. The number of aryl methyl sites for hydroxylation is 1. The van der Waals surface area contributed by atoms with Crippen LogP contribution in [0.2, 0.25) is 0 Å². The zero-order valence-corrected chi connectivity index (χ0v) is 16.3. The third kappa shape index (κ3) is 6.09. The quantitative estimate of drug-likeness (QED) is 0.717. The van der Waals surface area contributed by atoms with Crippen LogP contribution in [0.5, 0.6) is 0 Å². The van der Waals surface area contributed by atoms with Crippen LogP contribution in [0.3, 0.4) is 0 Å². The van der Waals surface area contributed by atoms with Gasteiger partial charge in [-0.3, -0.25) is 9.69 Å². The van der Waals surface area contributed by atoms with Crippen molar-refractivity contribution < 1.29 is 9.59 Å². The normalized spacial score (nSPS) is 17.0. The van der Waals surface area contributed by atoms with E-state index >= 15 is 0 Å². The van der Waals surface area contributed by atoms with Gasteiger partial charge in [0.1, 0.15) is 0 Å². The molecule has 1 heterocycles. The van der Waals surface area contributed by atoms with Crippen molar-refractivity contribution in [2.45, 2.75) is 32.2 Å². The van der Waals surface area contributed by atoms with Gasteiger partial charge in [-0.2, -0.15) is 0 Å². The van der Waals surface area contributed by atoms with E-state index in [9.17, 15) is 9.59 Å². The summed E-state index contributed by atoms with van der Waals surface area (Å²) in [6, 6.07) is 17.1. The Hall–Kier alpha value is -2.86. The Kier molecular flexibility index (Phi) is 7.03. The number of likely N-dealkylation sites (tertiary alicyclic amines) is 1. The Labute approximate surface area is 166 Å². The lowest BCUT2D eigenvalue weighted by Crippen LogP contribution is -2.49. The molecule has 1 atom stereocenters. The Balaban J connectivity index is 1.48. The van der Waals surface area contributed by atoms with Crippen LogP contribution in [0, 0.1) is 6.92 Å². The molecule has 148 valence electrons. The van der Waals surface area contributed by atoms with Gasteiger partial charge in [0.15, 0.2) is 0 Å². The lowest BCUT2D eigenvalue weighted by Gasteiger charge is -2.35. The van der Waals surface area contributed by atoms with Crippen LogP contribution in [0.1, 0.15) is 24.8 Å². The molecule has 0 spiro atoms. The van der Waals surface area contributed by atoms with E-state index in [1.807, 2.05) is 61.5 Å². The van der Waals surface area contributed by atoms with Crippen molar-refractivity contribution in [3.05, 3.63) is 60.2 Å². The van der Waals surface area contributed by atoms with Crippen LogP contribution < -0.4 is 16.0 Å². The number of rotatable bonds is 6. The molecule has 28 heavy (non-hydrogen) atoms. The SMILES string of the molecule is Cc1ccc(NC(=O)CN2CCCCC2CNC(=O)Nc2ccccc2)cc1. The van der Waals surface area contributed by atoms with E-state index in [-0.39, 0.29) is 18.0 Å². The van der Waals surface area contributed by atoms with Crippen molar-refractivity contribution >= 4 is 23.3 Å². The maximum absolute atomic E-state index is 12.4. The monoisotopic (exact) mass is 380 g/mol. The summed E-state index contributed by atoms with van der Waals surface area (Å²) in [6.45, 7) is 3.75. The number of amides is 3. The number of urea groups is 1. The van der Waals surface area contributed by atoms with Gasteiger partial charge in [0, 0.05) is 24.0 Å². The van der Waals surface area contributed by atoms with Gasteiger partial charge in [0.25, 0.3) is 0 Å². The number of carbonyl (C=O) groups is 2. The van der Waals surface area contributed by atoms with Crippen LogP contribution in [0.15, 0.2) is 54.6 Å². The second-order valence-corrected chi connectivity index (χ2v) is 7.24. The van der Waals surface area contributed by atoms with E-state index in [0.717, 1.165) is 42.7 Å². The standard InChI is InChI=1S/C22H28N4O2/c1-17-10-12-19(13-11-17)24-21(27)16-26-14-6-5-9-20(26)15-23-22(28)25-18-7-3-2-4-8-18/h2-4,7-8,10-13,20H,5-6,9,14-16H2,1H3,(H,24,27)(H2,23,25,28). The van der Waals surface area contributed by atoms with Gasteiger partial charge in [-0.05, 0) is 50.6 Å². The first-order valence-electron chi connectivity index (χ1n) is 9.80. The summed E-state index contributed by atoms with van der Waals surface area (Å²) in [4.78, 5) is 26.7. The van der Waals surface area contributed by atoms with Crippen molar-refractivity contribution in [2.75, 3.05) is 30.3 Å². The zero-order valence-electron chi connectivity index (χ0n) is 16.3. The van der Waals surface area contributed by atoms with Crippen LogP contribution in [0.4, 0.5) is 16.2 Å². The molecule has 0 bridgehead atoms. The van der Waals surface area contributed by atoms with Gasteiger partial charge in [0.2, 0.25) is 5.91 Å². The highest BCUT2D eigenvalue weighted by atomic mass is 16.2. The molecule has 2 aromatic rings. The first-order chi connectivity index (χ1) is 13.6. The summed E-state index contributed by atoms with van der Waals surface area (Å²) in [5.74, 6) is -0.0236. The number of nitrogens with zero attached hydrogens (tertiary/aromatic N) is 1. The van der Waals surface area contributed by atoms with E-state index < -0.39 is 0 Å². The minimum atomic E-state index is -0.221. The van der Waals surface area contributed by atoms with E-state index in [0.29, 0.717) is 13.1 Å². The molecule has 0 aromatic heterocycles. The molecule has 3 amide bonds. The number of hydrogen-bond donors (Lipinski definition) is 3. The lowest BCUT2D eigenvalue weighted by atomic mass is 10.0. The zero-order chi connectivity index (χ0) is 19.8. The molecule has 2 aromatic carbocycles. The Morgan fingerprint density at radius 2 is 1.68 bits per heavy atom. The van der Waals surface area contributed by atoms with Gasteiger partial charge in [-0.15, -0.1) is 0 Å². The number of anilines is 2. The van der Waals surface area contributed by atoms with Crippen LogP contribution in [0.25, 0.3) is 0 Å². The molecule has 0 aliphatic carbocycles. The van der Waals surface area contributed by atoms with E-state index in [2.05, 4.69) is 20.9 Å². The highest BCUT2D eigenvalue weighted by Crippen LogP contribution is 2.17. The maximum atomic E-state index is 12.4. The summed E-state index contributed by atoms with van der Waals surface area (Å²) in [6.07, 6.45) is 3.16. The molecule has 1 aliphatic rings. The van der Waals surface area contributed by atoms with E-state index in [4.69, 9.17) is 0 Å². The summed E-state index contributed by atoms with van der Waals surface area (Å²) in [5, 5.41) is 8.72. The highest BCUT2D eigenvalue weighted by Gasteiger charge is 2.24. The van der Waals surface area contributed by atoms with E-state index in [1.54, 1.807) is 0 Å². The highest BCUT2D eigenvalue weighted by molar-refractivity contribution is 5.92. The minimum Gasteiger partial charge on any atom is -0.336 e. The molecule has 6 heteroatoms. The second kappa shape index (κ2) is 9.90. The fourth-order valence-electron chi connectivity index (χ4n) is 3.43. The van der Waals surface area contributed by atoms with Crippen molar-refractivity contribution in [1.29, 1.82) is 0 Å². The predicted octanol–water partition coefficient (Wildman–Crippen LogP) is 3.61. The van der Waals surface area contributed by atoms with Crippen molar-refractivity contribution in [2.24, 2.45) is 0 Å². The lowest BCUT2D eigenvalue weighted by molar-refractivity contribution is -0.118. The van der Waals surface area contributed by atoms with Crippen molar-refractivity contribution in [3.63, 3.8) is 0 Å². The molecular formula is C22H28N4O2. The Bertz CT molecular complexity index is 777. The first kappa shape index (κ1) is 19.9. The van der Waals surface area contributed by atoms with Crippen molar-refractivity contribution in [1.82, 2.24) is 10.2 Å². The molecule has 3 rings (SSSR count). The van der Waals surface area contributed by atoms with Gasteiger partial charge in [0.05, 0.1) is 6.54 Å². The summed E-state index contributed by atoms with van der Waals surface area (Å²) in [5.41, 5.74) is 2.73. The molecular weight excluding hydrogens is 352 g/mol. The van der Waals surface area contributed by atoms with Gasteiger partial charge in [-0.25, -0.2) is 4.79 Å². The number of carbonyl (C=O) groups excluding carboxylic acids is 2.